The molecule has 3 fully saturated rings. The smallest absolute Gasteiger partial charge is 0.336 e. The predicted octanol–water partition coefficient (Wildman–Crippen LogP) is 4.04. The van der Waals surface area contributed by atoms with Crippen LogP contribution < -0.4 is 20.7 Å². The molecule has 0 unspecified atom stereocenters. The summed E-state index contributed by atoms with van der Waals surface area (Å²) < 4.78 is 8.12. The van der Waals surface area contributed by atoms with Crippen LogP contribution in [0.3, 0.4) is 0 Å². The lowest BCUT2D eigenvalue weighted by molar-refractivity contribution is -0.0161. The van der Waals surface area contributed by atoms with Crippen molar-refractivity contribution in [2.24, 2.45) is 10.7 Å². The molecule has 0 radical (unpaired) electrons. The van der Waals surface area contributed by atoms with Gasteiger partial charge in [0.15, 0.2) is 0 Å². The van der Waals surface area contributed by atoms with Gasteiger partial charge in [-0.05, 0) is 67.4 Å². The number of benzene rings is 3. The molecule has 5 N–H and O–H groups in total. The number of aliphatic imine (C=N–C) groups is 1. The van der Waals surface area contributed by atoms with Crippen LogP contribution in [0.2, 0.25) is 0 Å². The van der Waals surface area contributed by atoms with E-state index in [4.69, 9.17) is 15.6 Å². The molecule has 3 aromatic carbocycles. The second-order valence-corrected chi connectivity index (χ2v) is 13.1. The second-order valence-electron chi connectivity index (χ2n) is 13.1. The number of hydrogen-bond acceptors (Lipinski definition) is 10. The lowest BCUT2D eigenvalue weighted by Gasteiger charge is -2.55. The van der Waals surface area contributed by atoms with Crippen molar-refractivity contribution in [2.75, 3.05) is 56.2 Å². The molecule has 1 aromatic heterocycles. The number of aromatic carboxylic acids is 2. The first-order chi connectivity index (χ1) is 23.8. The van der Waals surface area contributed by atoms with Crippen LogP contribution in [0.1, 0.15) is 45.2 Å². The lowest BCUT2D eigenvalue weighted by atomic mass is 9.95. The maximum absolute atomic E-state index is 11.6. The molecular formula is C36H38N8O5. The molecule has 4 aromatic rings. The van der Waals surface area contributed by atoms with E-state index in [0.29, 0.717) is 24.6 Å². The molecule has 5 heterocycles. The Morgan fingerprint density at radius 2 is 1.47 bits per heavy atom. The highest BCUT2D eigenvalue weighted by molar-refractivity contribution is 6.08. The summed E-state index contributed by atoms with van der Waals surface area (Å²) in [4.78, 5) is 34.7. The fourth-order valence-electron chi connectivity index (χ4n) is 7.40. The number of fused-ring (bicyclic) bond motifs is 1. The van der Waals surface area contributed by atoms with E-state index in [-0.39, 0.29) is 17.2 Å². The van der Waals surface area contributed by atoms with Gasteiger partial charge in [0.05, 0.1) is 22.7 Å². The molecule has 0 amide bonds. The van der Waals surface area contributed by atoms with Crippen molar-refractivity contribution in [2.45, 2.75) is 31.0 Å². The highest BCUT2D eigenvalue weighted by Crippen LogP contribution is 2.37. The Hall–Kier alpha value is -5.40. The van der Waals surface area contributed by atoms with Gasteiger partial charge in [-0.2, -0.15) is 5.10 Å². The number of aromatic nitrogens is 2. The highest BCUT2D eigenvalue weighted by atomic mass is 16.5. The third-order valence-corrected chi connectivity index (χ3v) is 10.2. The first-order valence-electron chi connectivity index (χ1n) is 16.7. The van der Waals surface area contributed by atoms with Gasteiger partial charge in [-0.15, -0.1) is 0 Å². The number of nitrogens with zero attached hydrogens (tertiary/aromatic N) is 6. The Morgan fingerprint density at radius 1 is 0.796 bits per heavy atom. The van der Waals surface area contributed by atoms with Crippen molar-refractivity contribution in [3.8, 4) is 22.8 Å². The molecule has 0 aliphatic carbocycles. The molecule has 4 aliphatic rings. The summed E-state index contributed by atoms with van der Waals surface area (Å²) in [5.74, 6) is 0.507. The van der Waals surface area contributed by atoms with Gasteiger partial charge >= 0.3 is 11.9 Å². The number of nitrogens with two attached hydrogens (primary N) is 1. The zero-order chi connectivity index (χ0) is 33.6. The van der Waals surface area contributed by atoms with E-state index >= 15 is 0 Å². The molecule has 252 valence electrons. The number of nitrogens with one attached hydrogen (secondary N) is 1. The SMILES string of the molecule is NC1=NCNc2c1c(-c1ccc(Oc3ccccc3)cc1)nn2C1CCN(C2CN(C3CN(c4ccc(C(=O)O)c(C(=O)O)c4)C3)C2)CC1. The standard InChI is InChI=1S/C36H38N8O5/c37-33-31-32(22-6-9-28(10-7-22)49-27-4-2-1-3-5-27)40-44(34(31)39-21-38-33)23-12-14-41(15-13-23)25-17-43(18-25)26-19-42(20-26)24-8-11-29(35(45)46)30(16-24)36(47)48/h1-11,16,23,25-26,39H,12-15,17-21H2,(H2,37,38)(H,45,46)(H,47,48). The van der Waals surface area contributed by atoms with E-state index < -0.39 is 11.9 Å². The average molecular weight is 663 g/mol. The third-order valence-electron chi connectivity index (χ3n) is 10.2. The first kappa shape index (κ1) is 30.9. The van der Waals surface area contributed by atoms with Gasteiger partial charge in [0, 0.05) is 62.6 Å². The zero-order valence-electron chi connectivity index (χ0n) is 26.9. The molecule has 4 aliphatic heterocycles. The summed E-state index contributed by atoms with van der Waals surface area (Å²) in [6.07, 6.45) is 1.98. The van der Waals surface area contributed by atoms with Gasteiger partial charge in [0.25, 0.3) is 0 Å². The van der Waals surface area contributed by atoms with Crippen LogP contribution >= 0.6 is 0 Å². The molecule has 0 saturated carbocycles. The molecule has 0 atom stereocenters. The minimum atomic E-state index is -1.23. The number of rotatable bonds is 9. The van der Waals surface area contributed by atoms with Crippen molar-refractivity contribution >= 4 is 29.3 Å². The van der Waals surface area contributed by atoms with E-state index in [1.54, 1.807) is 6.07 Å². The minimum absolute atomic E-state index is 0.177. The molecule has 13 nitrogen and oxygen atoms in total. The monoisotopic (exact) mass is 662 g/mol. The Morgan fingerprint density at radius 3 is 2.16 bits per heavy atom. The lowest BCUT2D eigenvalue weighted by Crippen LogP contribution is -2.70. The highest BCUT2D eigenvalue weighted by Gasteiger charge is 2.42. The number of carboxylic acid groups (broad SMARTS) is 2. The van der Waals surface area contributed by atoms with Crippen LogP contribution in [0, 0.1) is 0 Å². The Kier molecular flexibility index (Phi) is 7.92. The van der Waals surface area contributed by atoms with Gasteiger partial charge in [0.2, 0.25) is 0 Å². The minimum Gasteiger partial charge on any atom is -0.478 e. The summed E-state index contributed by atoms with van der Waals surface area (Å²) >= 11 is 0. The van der Waals surface area contributed by atoms with Gasteiger partial charge in [0.1, 0.15) is 35.5 Å². The summed E-state index contributed by atoms with van der Waals surface area (Å²) in [5.41, 5.74) is 9.46. The summed E-state index contributed by atoms with van der Waals surface area (Å²) in [7, 11) is 0. The summed E-state index contributed by atoms with van der Waals surface area (Å²) in [6.45, 7) is 6.05. The molecule has 49 heavy (non-hydrogen) atoms. The molecule has 3 saturated heterocycles. The van der Waals surface area contributed by atoms with Gasteiger partial charge in [-0.1, -0.05) is 18.2 Å². The van der Waals surface area contributed by atoms with Crippen LogP contribution in [-0.2, 0) is 0 Å². The van der Waals surface area contributed by atoms with Crippen LogP contribution in [0.4, 0.5) is 11.5 Å². The van der Waals surface area contributed by atoms with E-state index in [2.05, 4.69) is 29.7 Å². The number of ether oxygens (including phenoxy) is 1. The van der Waals surface area contributed by atoms with Crippen LogP contribution in [0.15, 0.2) is 77.8 Å². The first-order valence-corrected chi connectivity index (χ1v) is 16.7. The molecule has 0 bridgehead atoms. The Bertz CT molecular complexity index is 1910. The maximum atomic E-state index is 11.6. The topological polar surface area (TPSA) is 162 Å². The van der Waals surface area contributed by atoms with Crippen molar-refractivity contribution in [1.29, 1.82) is 0 Å². The summed E-state index contributed by atoms with van der Waals surface area (Å²) in [5, 5.41) is 27.4. The number of carboxylic acids is 2. The fourth-order valence-corrected chi connectivity index (χ4v) is 7.40. The Balaban J connectivity index is 0.873. The number of piperidine rings is 1. The second kappa shape index (κ2) is 12.6. The number of carbonyl (C=O) groups is 2. The number of likely N-dealkylation sites (tertiary alicyclic amines) is 2. The zero-order valence-corrected chi connectivity index (χ0v) is 26.9. The van der Waals surface area contributed by atoms with Crippen molar-refractivity contribution in [3.63, 3.8) is 0 Å². The van der Waals surface area contributed by atoms with Crippen molar-refractivity contribution in [3.05, 3.63) is 89.5 Å². The third kappa shape index (κ3) is 5.85. The van der Waals surface area contributed by atoms with Gasteiger partial charge < -0.3 is 30.9 Å². The fraction of sp³-hybridized carbons (Fsp3) is 0.333. The predicted molar refractivity (Wildman–Crippen MR) is 185 cm³/mol. The molecular weight excluding hydrogens is 624 g/mol. The van der Waals surface area contributed by atoms with E-state index in [9.17, 15) is 19.8 Å². The average Bonchev–Trinajstić information content (AvgIpc) is 3.47. The largest absolute Gasteiger partial charge is 0.478 e. The maximum Gasteiger partial charge on any atom is 0.336 e. The number of anilines is 2. The number of hydrogen-bond donors (Lipinski definition) is 4. The molecule has 8 rings (SSSR count). The number of amidine groups is 1. The van der Waals surface area contributed by atoms with Crippen molar-refractivity contribution < 1.29 is 24.5 Å². The molecule has 0 spiro atoms. The van der Waals surface area contributed by atoms with Gasteiger partial charge in [-0.3, -0.25) is 9.80 Å². The normalized spacial score (nSPS) is 18.9. The van der Waals surface area contributed by atoms with E-state index in [0.717, 1.165) is 91.9 Å². The Labute approximate surface area is 283 Å². The molecule has 13 heteroatoms. The number of para-hydroxylation sites is 1. The van der Waals surface area contributed by atoms with Crippen LogP contribution in [-0.4, -0.2) is 106 Å². The summed E-state index contributed by atoms with van der Waals surface area (Å²) in [6, 6.07) is 23.4. The van der Waals surface area contributed by atoms with Crippen molar-refractivity contribution in [1.82, 2.24) is 19.6 Å². The van der Waals surface area contributed by atoms with Crippen LogP contribution in [0.25, 0.3) is 11.3 Å². The van der Waals surface area contributed by atoms with Crippen LogP contribution in [0.5, 0.6) is 11.5 Å². The van der Waals surface area contributed by atoms with E-state index in [1.807, 2.05) is 54.6 Å². The van der Waals surface area contributed by atoms with E-state index in [1.165, 1.54) is 12.1 Å². The van der Waals surface area contributed by atoms with Gasteiger partial charge in [-0.25, -0.2) is 19.3 Å². The quantitative estimate of drug-likeness (QED) is 0.205.